The van der Waals surface area contributed by atoms with E-state index in [0.29, 0.717) is 5.89 Å². The predicted molar refractivity (Wildman–Crippen MR) is 114 cm³/mol. The molecular weight excluding hydrogens is 388 g/mol. The maximum Gasteiger partial charge on any atom is 0.278 e. The number of likely N-dealkylation sites (N-methyl/N-ethyl adjacent to an activating group) is 1. The number of hydrogen-bond acceptors (Lipinski definition) is 6. The molecule has 1 saturated heterocycles. The van der Waals surface area contributed by atoms with Gasteiger partial charge in [-0.3, -0.25) is 4.90 Å². The van der Waals surface area contributed by atoms with Crippen LogP contribution in [0.25, 0.3) is 17.3 Å². The lowest BCUT2D eigenvalue weighted by atomic mass is 9.95. The summed E-state index contributed by atoms with van der Waals surface area (Å²) in [6.45, 7) is 4.91. The van der Waals surface area contributed by atoms with Gasteiger partial charge in [-0.25, -0.2) is 4.68 Å². The Hall–Kier alpha value is -2.22. The van der Waals surface area contributed by atoms with Gasteiger partial charge < -0.3 is 9.84 Å². The van der Waals surface area contributed by atoms with Crippen LogP contribution < -0.4 is 5.32 Å². The van der Waals surface area contributed by atoms with E-state index in [9.17, 15) is 0 Å². The molecule has 0 spiro atoms. The summed E-state index contributed by atoms with van der Waals surface area (Å²) in [7, 11) is 2.11. The average molecular weight is 415 g/mol. The van der Waals surface area contributed by atoms with Crippen LogP contribution in [0, 0.1) is 6.92 Å². The van der Waals surface area contributed by atoms with E-state index < -0.39 is 0 Å². The van der Waals surface area contributed by atoms with Crippen molar-refractivity contribution in [1.29, 1.82) is 0 Å². The number of benzene rings is 1. The molecule has 3 aromatic rings. The number of rotatable bonds is 3. The molecule has 1 aromatic carbocycles. The van der Waals surface area contributed by atoms with Gasteiger partial charge in [-0.05, 0) is 51.8 Å². The van der Waals surface area contributed by atoms with Gasteiger partial charge in [0.1, 0.15) is 0 Å². The van der Waals surface area contributed by atoms with E-state index >= 15 is 0 Å². The molecule has 2 aliphatic rings. The van der Waals surface area contributed by atoms with E-state index in [1.54, 1.807) is 0 Å². The molecule has 1 unspecified atom stereocenters. The van der Waals surface area contributed by atoms with Crippen LogP contribution in [0.1, 0.15) is 41.5 Å². The second-order valence-corrected chi connectivity index (χ2v) is 7.89. The molecule has 8 heteroatoms. The van der Waals surface area contributed by atoms with Gasteiger partial charge in [0.15, 0.2) is 11.5 Å². The zero-order valence-electron chi connectivity index (χ0n) is 16.9. The molecule has 29 heavy (non-hydrogen) atoms. The van der Waals surface area contributed by atoms with Crippen LogP contribution in [-0.2, 0) is 12.8 Å². The van der Waals surface area contributed by atoms with Crippen molar-refractivity contribution in [3.8, 4) is 17.3 Å². The second kappa shape index (κ2) is 8.26. The van der Waals surface area contributed by atoms with Crippen LogP contribution in [0.3, 0.4) is 0 Å². The Morgan fingerprint density at radius 1 is 1.14 bits per heavy atom. The van der Waals surface area contributed by atoms with Crippen LogP contribution in [0.5, 0.6) is 0 Å². The second-order valence-electron chi connectivity index (χ2n) is 7.89. The molecule has 0 saturated carbocycles. The number of hydrogen-bond donors (Lipinski definition) is 1. The molecule has 154 valence electrons. The van der Waals surface area contributed by atoms with Crippen LogP contribution >= 0.6 is 12.4 Å². The summed E-state index contributed by atoms with van der Waals surface area (Å²) in [6.07, 6.45) is 4.42. The number of fused-ring (bicyclic) bond motifs is 1. The van der Waals surface area contributed by atoms with Crippen molar-refractivity contribution in [2.24, 2.45) is 0 Å². The molecule has 1 aliphatic heterocycles. The van der Waals surface area contributed by atoms with Crippen molar-refractivity contribution in [2.75, 3.05) is 26.7 Å². The highest BCUT2D eigenvalue weighted by molar-refractivity contribution is 5.85. The quantitative estimate of drug-likeness (QED) is 0.710. The van der Waals surface area contributed by atoms with E-state index in [2.05, 4.69) is 58.3 Å². The van der Waals surface area contributed by atoms with Gasteiger partial charge in [0.2, 0.25) is 0 Å². The van der Waals surface area contributed by atoms with E-state index in [-0.39, 0.29) is 18.4 Å². The maximum atomic E-state index is 5.70. The first kappa shape index (κ1) is 20.1. The lowest BCUT2D eigenvalue weighted by molar-refractivity contribution is 0.190. The van der Waals surface area contributed by atoms with Gasteiger partial charge in [-0.15, -0.1) is 12.4 Å². The summed E-state index contributed by atoms with van der Waals surface area (Å²) in [4.78, 5) is 7.02. The fourth-order valence-electron chi connectivity index (χ4n) is 4.23. The number of aromatic nitrogens is 4. The molecule has 0 radical (unpaired) electrons. The Bertz CT molecular complexity index is 980. The fraction of sp³-hybridized carbons (Fsp3) is 0.476. The fourth-order valence-corrected chi connectivity index (χ4v) is 4.23. The number of halogens is 1. The third-order valence-corrected chi connectivity index (χ3v) is 5.91. The van der Waals surface area contributed by atoms with Crippen molar-refractivity contribution >= 4 is 12.4 Å². The summed E-state index contributed by atoms with van der Waals surface area (Å²) in [5.74, 6) is 1.28. The highest BCUT2D eigenvalue weighted by Gasteiger charge is 2.29. The Kier molecular flexibility index (Phi) is 5.72. The van der Waals surface area contributed by atoms with Gasteiger partial charge in [-0.2, -0.15) is 10.1 Å². The molecule has 1 fully saturated rings. The number of piperazine rings is 1. The summed E-state index contributed by atoms with van der Waals surface area (Å²) in [6, 6.07) is 8.65. The lowest BCUT2D eigenvalue weighted by Crippen LogP contribution is -2.44. The van der Waals surface area contributed by atoms with Gasteiger partial charge >= 0.3 is 0 Å². The number of aryl methyl sites for hydroxylation is 1. The van der Waals surface area contributed by atoms with Gasteiger partial charge in [0, 0.05) is 30.9 Å². The third-order valence-electron chi connectivity index (χ3n) is 5.91. The molecule has 7 nitrogen and oxygen atoms in total. The molecule has 5 rings (SSSR count). The van der Waals surface area contributed by atoms with Crippen LogP contribution in [0.15, 0.2) is 28.8 Å². The zero-order valence-corrected chi connectivity index (χ0v) is 17.7. The molecule has 3 heterocycles. The minimum Gasteiger partial charge on any atom is -0.332 e. The summed E-state index contributed by atoms with van der Waals surface area (Å²) < 4.78 is 7.77. The first-order valence-corrected chi connectivity index (χ1v) is 10.1. The maximum absolute atomic E-state index is 5.70. The molecular formula is C21H27ClN6O. The van der Waals surface area contributed by atoms with E-state index in [4.69, 9.17) is 14.6 Å². The van der Waals surface area contributed by atoms with Gasteiger partial charge in [0.25, 0.3) is 5.89 Å². The minimum absolute atomic E-state index is 0. The first-order valence-electron chi connectivity index (χ1n) is 10.1. The average Bonchev–Trinajstić information content (AvgIpc) is 3.34. The predicted octanol–water partition coefficient (Wildman–Crippen LogP) is 3.11. The standard InChI is InChI=1S/C21H26N6O.ClH/c1-14-7-9-15(10-8-14)27-17-6-4-3-5-16(17)19(24-27)21-23-20(25-28-21)18-13-22-11-12-26(18)2;/h7-10,18,22H,3-6,11-13H2,1-2H3;1H. The van der Waals surface area contributed by atoms with Gasteiger partial charge in [-0.1, -0.05) is 22.9 Å². The Morgan fingerprint density at radius 3 is 2.72 bits per heavy atom. The zero-order chi connectivity index (χ0) is 19.1. The van der Waals surface area contributed by atoms with Crippen LogP contribution in [0.2, 0.25) is 0 Å². The SMILES string of the molecule is Cc1ccc(-n2nc(-c3nc(C4CNCCN4C)no3)c3c2CCCC3)cc1.Cl. The molecule has 1 N–H and O–H groups in total. The summed E-state index contributed by atoms with van der Waals surface area (Å²) in [5.41, 5.74) is 5.72. The number of nitrogens with one attached hydrogen (secondary N) is 1. The largest absolute Gasteiger partial charge is 0.332 e. The Balaban J connectivity index is 0.00000205. The van der Waals surface area contributed by atoms with Crippen molar-refractivity contribution in [1.82, 2.24) is 30.1 Å². The highest BCUT2D eigenvalue weighted by Crippen LogP contribution is 2.33. The smallest absolute Gasteiger partial charge is 0.278 e. The Labute approximate surface area is 176 Å². The minimum atomic E-state index is 0. The monoisotopic (exact) mass is 414 g/mol. The molecule has 1 aliphatic carbocycles. The Morgan fingerprint density at radius 2 is 1.93 bits per heavy atom. The molecule has 2 aromatic heterocycles. The van der Waals surface area contributed by atoms with E-state index in [1.165, 1.54) is 29.7 Å². The molecule has 0 amide bonds. The summed E-state index contributed by atoms with van der Waals surface area (Å²) in [5, 5.41) is 12.6. The van der Waals surface area contributed by atoms with Crippen molar-refractivity contribution in [2.45, 2.75) is 38.6 Å². The van der Waals surface area contributed by atoms with Crippen molar-refractivity contribution < 1.29 is 4.52 Å². The lowest BCUT2D eigenvalue weighted by Gasteiger charge is -2.30. The topological polar surface area (TPSA) is 72.0 Å². The van der Waals surface area contributed by atoms with Crippen molar-refractivity contribution in [3.05, 3.63) is 46.9 Å². The number of nitrogens with zero attached hydrogens (tertiary/aromatic N) is 5. The normalized spacial score (nSPS) is 19.6. The first-order chi connectivity index (χ1) is 13.7. The van der Waals surface area contributed by atoms with E-state index in [0.717, 1.165) is 49.7 Å². The highest BCUT2D eigenvalue weighted by atomic mass is 35.5. The van der Waals surface area contributed by atoms with Crippen LogP contribution in [-0.4, -0.2) is 51.5 Å². The third kappa shape index (κ3) is 3.70. The van der Waals surface area contributed by atoms with E-state index in [1.807, 2.05) is 0 Å². The molecule has 0 bridgehead atoms. The van der Waals surface area contributed by atoms with Gasteiger partial charge in [0.05, 0.1) is 11.7 Å². The summed E-state index contributed by atoms with van der Waals surface area (Å²) >= 11 is 0. The van der Waals surface area contributed by atoms with Crippen LogP contribution in [0.4, 0.5) is 0 Å². The van der Waals surface area contributed by atoms with Crippen molar-refractivity contribution in [3.63, 3.8) is 0 Å². The molecule has 1 atom stereocenters.